The van der Waals surface area contributed by atoms with Gasteiger partial charge in [0.25, 0.3) is 10.1 Å². The van der Waals surface area contributed by atoms with Gasteiger partial charge < -0.3 is 38.5 Å². The Bertz CT molecular complexity index is 937. The van der Waals surface area contributed by atoms with E-state index in [1.54, 1.807) is 0 Å². The fourth-order valence-electron chi connectivity index (χ4n) is 3.24. The number of ether oxygens (including phenoxy) is 7. The summed E-state index contributed by atoms with van der Waals surface area (Å²) < 4.78 is 67.0. The van der Waals surface area contributed by atoms with Crippen molar-refractivity contribution in [1.29, 1.82) is 0 Å². The summed E-state index contributed by atoms with van der Waals surface area (Å²) in [6.07, 6.45) is -7.28. The minimum atomic E-state index is -4.13. The predicted octanol–water partition coefficient (Wildman–Crippen LogP) is -0.520. The number of carbonyl (C=O) groups is 5. The van der Waals surface area contributed by atoms with Crippen molar-refractivity contribution >= 4 is 40.1 Å². The van der Waals surface area contributed by atoms with Crippen molar-refractivity contribution in [2.24, 2.45) is 0 Å². The third-order valence-electron chi connectivity index (χ3n) is 4.60. The van der Waals surface area contributed by atoms with E-state index in [4.69, 9.17) is 37.7 Å². The lowest BCUT2D eigenvalue weighted by molar-refractivity contribution is -0.308. The Morgan fingerprint density at radius 1 is 0.789 bits per heavy atom. The van der Waals surface area contributed by atoms with Crippen molar-refractivity contribution in [1.82, 2.24) is 5.32 Å². The van der Waals surface area contributed by atoms with E-state index in [0.29, 0.717) is 0 Å². The van der Waals surface area contributed by atoms with E-state index in [9.17, 15) is 32.4 Å². The fourth-order valence-corrected chi connectivity index (χ4v) is 3.75. The van der Waals surface area contributed by atoms with Gasteiger partial charge in [-0.2, -0.15) is 8.42 Å². The minimum absolute atomic E-state index is 0.0139. The predicted molar refractivity (Wildman–Crippen MR) is 123 cm³/mol. The summed E-state index contributed by atoms with van der Waals surface area (Å²) in [7, 11) is -4.13. The van der Waals surface area contributed by atoms with Crippen LogP contribution < -0.4 is 5.32 Å². The molecule has 0 aliphatic carbocycles. The largest absolute Gasteiger partial charge is 0.463 e. The molecule has 1 aliphatic heterocycles. The lowest BCUT2D eigenvalue weighted by Gasteiger charge is -2.44. The van der Waals surface area contributed by atoms with Crippen LogP contribution in [0.4, 0.5) is 4.79 Å². The lowest BCUT2D eigenvalue weighted by Crippen LogP contribution is -2.63. The van der Waals surface area contributed by atoms with Gasteiger partial charge in [0.1, 0.15) is 12.7 Å². The van der Waals surface area contributed by atoms with Crippen LogP contribution in [0.1, 0.15) is 40.5 Å². The van der Waals surface area contributed by atoms with Crippen LogP contribution in [0.15, 0.2) is 0 Å². The van der Waals surface area contributed by atoms with Crippen molar-refractivity contribution in [3.63, 3.8) is 0 Å². The molecule has 1 aliphatic rings. The van der Waals surface area contributed by atoms with Gasteiger partial charge in [0, 0.05) is 40.7 Å². The van der Waals surface area contributed by atoms with Crippen molar-refractivity contribution in [3.8, 4) is 0 Å². The molecule has 0 saturated carbocycles. The summed E-state index contributed by atoms with van der Waals surface area (Å²) in [5.41, 5.74) is 0. The second-order valence-corrected chi connectivity index (χ2v) is 9.57. The van der Waals surface area contributed by atoms with Gasteiger partial charge >= 0.3 is 30.0 Å². The highest BCUT2D eigenvalue weighted by molar-refractivity contribution is 7.85. The highest BCUT2D eigenvalue weighted by atomic mass is 32.2. The van der Waals surface area contributed by atoms with Crippen molar-refractivity contribution in [2.45, 2.75) is 71.2 Å². The van der Waals surface area contributed by atoms with Crippen LogP contribution in [0.5, 0.6) is 0 Å². The number of carbonyl (C=O) groups excluding carboxylic acids is 5. The zero-order valence-corrected chi connectivity index (χ0v) is 22.2. The summed E-state index contributed by atoms with van der Waals surface area (Å²) in [6, 6.07) is 0. The molecule has 16 nitrogen and oxygen atoms in total. The Balaban J connectivity index is 2.82. The SMILES string of the molecule is CC(=O)OC[C@H]1OC(OCCCOC(=O)NCCCS(=O)(=O)O)[C@H](OC(C)=O)[C@@H](OC(C)=O)[C@@H]1OC(C)=O. The molecule has 0 radical (unpaired) electrons. The first-order chi connectivity index (χ1) is 17.7. The van der Waals surface area contributed by atoms with E-state index in [0.717, 1.165) is 27.7 Å². The molecule has 17 heteroatoms. The molecule has 0 bridgehead atoms. The van der Waals surface area contributed by atoms with E-state index in [1.165, 1.54) is 0 Å². The molecule has 1 heterocycles. The molecule has 1 fully saturated rings. The van der Waals surface area contributed by atoms with Gasteiger partial charge in [-0.15, -0.1) is 0 Å². The van der Waals surface area contributed by atoms with E-state index < -0.39 is 83.2 Å². The van der Waals surface area contributed by atoms with Gasteiger partial charge in [-0.05, 0) is 6.42 Å². The number of hydrogen-bond donors (Lipinski definition) is 2. The highest BCUT2D eigenvalue weighted by Gasteiger charge is 2.52. The Morgan fingerprint density at radius 3 is 1.92 bits per heavy atom. The maximum atomic E-state index is 11.8. The van der Waals surface area contributed by atoms with Gasteiger partial charge in [-0.3, -0.25) is 23.7 Å². The normalized spacial score (nSPS) is 23.0. The Morgan fingerprint density at radius 2 is 1.37 bits per heavy atom. The second kappa shape index (κ2) is 16.1. The zero-order valence-electron chi connectivity index (χ0n) is 21.4. The van der Waals surface area contributed by atoms with Gasteiger partial charge in [-0.25, -0.2) is 4.79 Å². The second-order valence-electron chi connectivity index (χ2n) is 7.99. The molecule has 38 heavy (non-hydrogen) atoms. The molecule has 218 valence electrons. The topological polar surface area (TPSA) is 216 Å². The first kappa shape index (κ1) is 33.0. The number of hydrogen-bond acceptors (Lipinski definition) is 14. The molecule has 1 saturated heterocycles. The van der Waals surface area contributed by atoms with Crippen LogP contribution in [0.3, 0.4) is 0 Å². The summed E-state index contributed by atoms with van der Waals surface area (Å²) in [6.45, 7) is 3.75. The number of rotatable bonds is 14. The van der Waals surface area contributed by atoms with Crippen LogP contribution in [0.2, 0.25) is 0 Å². The first-order valence-electron chi connectivity index (χ1n) is 11.5. The van der Waals surface area contributed by atoms with Gasteiger partial charge in [0.15, 0.2) is 24.6 Å². The molecule has 0 aromatic rings. The molecular formula is C21H33NO15S. The minimum Gasteiger partial charge on any atom is -0.463 e. The molecule has 2 N–H and O–H groups in total. The number of esters is 4. The fraction of sp³-hybridized carbons (Fsp3) is 0.762. The van der Waals surface area contributed by atoms with E-state index in [-0.39, 0.29) is 32.6 Å². The van der Waals surface area contributed by atoms with Gasteiger partial charge in [-0.1, -0.05) is 0 Å². The highest BCUT2D eigenvalue weighted by Crippen LogP contribution is 2.30. The molecule has 5 atom stereocenters. The van der Waals surface area contributed by atoms with E-state index >= 15 is 0 Å². The molecule has 0 spiro atoms. The Hall–Kier alpha value is -3.02. The Kier molecular flexibility index (Phi) is 13.9. The zero-order chi connectivity index (χ0) is 28.9. The van der Waals surface area contributed by atoms with Crippen LogP contribution in [-0.4, -0.2) is 106 Å². The molecule has 1 rings (SSSR count). The standard InChI is InChI=1S/C21H33NO15S/c1-12(23)33-11-16-17(34-13(2)24)18(35-14(3)25)19(36-15(4)26)20(37-16)31-8-6-9-32-21(27)22-7-5-10-38(28,29)30/h16-20H,5-11H2,1-4H3,(H,22,27)(H,28,29,30)/t16-,17-,18+,19-,20?/m1/s1. The average Bonchev–Trinajstić information content (AvgIpc) is 2.77. The molecule has 0 aromatic heterocycles. The van der Waals surface area contributed by atoms with Gasteiger partial charge in [0.05, 0.1) is 19.0 Å². The molecule has 1 amide bonds. The number of alkyl carbamates (subject to hydrolysis) is 1. The Labute approximate surface area is 219 Å². The summed E-state index contributed by atoms with van der Waals surface area (Å²) in [4.78, 5) is 58.3. The maximum absolute atomic E-state index is 11.8. The maximum Gasteiger partial charge on any atom is 0.407 e. The summed E-state index contributed by atoms with van der Waals surface area (Å²) >= 11 is 0. The van der Waals surface area contributed by atoms with E-state index in [1.807, 2.05) is 0 Å². The van der Waals surface area contributed by atoms with Crippen LogP contribution in [0.25, 0.3) is 0 Å². The monoisotopic (exact) mass is 571 g/mol. The average molecular weight is 572 g/mol. The van der Waals surface area contributed by atoms with E-state index in [2.05, 4.69) is 5.32 Å². The van der Waals surface area contributed by atoms with Gasteiger partial charge in [0.2, 0.25) is 0 Å². The summed E-state index contributed by atoms with van der Waals surface area (Å²) in [5.74, 6) is -3.51. The number of amides is 1. The molecular weight excluding hydrogens is 538 g/mol. The third kappa shape index (κ3) is 13.5. The molecule has 1 unspecified atom stereocenters. The number of nitrogens with one attached hydrogen (secondary N) is 1. The summed E-state index contributed by atoms with van der Waals surface area (Å²) in [5, 5.41) is 2.31. The van der Waals surface area contributed by atoms with Crippen LogP contribution in [-0.2, 0) is 62.5 Å². The van der Waals surface area contributed by atoms with Crippen molar-refractivity contribution < 1.29 is 70.1 Å². The van der Waals surface area contributed by atoms with Crippen LogP contribution in [0, 0.1) is 0 Å². The van der Waals surface area contributed by atoms with Crippen LogP contribution >= 0.6 is 0 Å². The quantitative estimate of drug-likeness (QED) is 0.116. The van der Waals surface area contributed by atoms with Crippen molar-refractivity contribution in [3.05, 3.63) is 0 Å². The van der Waals surface area contributed by atoms with Crippen molar-refractivity contribution in [2.75, 3.05) is 32.1 Å². The molecule has 0 aromatic carbocycles. The lowest BCUT2D eigenvalue weighted by atomic mass is 9.98. The first-order valence-corrected chi connectivity index (χ1v) is 13.1. The smallest absolute Gasteiger partial charge is 0.407 e. The third-order valence-corrected chi connectivity index (χ3v) is 5.41.